The Labute approximate surface area is 156 Å². The van der Waals surface area contributed by atoms with E-state index in [4.69, 9.17) is 0 Å². The van der Waals surface area contributed by atoms with E-state index in [9.17, 15) is 13.2 Å². The minimum atomic E-state index is -3.82. The molecule has 2 aromatic heterocycles. The Morgan fingerprint density at radius 3 is 2.74 bits per heavy atom. The van der Waals surface area contributed by atoms with Gasteiger partial charge in [-0.25, -0.2) is 27.6 Å². The lowest BCUT2D eigenvalue weighted by Gasteiger charge is -2.11. The maximum atomic E-state index is 12.7. The van der Waals surface area contributed by atoms with E-state index in [1.165, 1.54) is 19.2 Å². The molecule has 0 aliphatic carbocycles. The van der Waals surface area contributed by atoms with Gasteiger partial charge in [0.25, 0.3) is 0 Å². The average Bonchev–Trinajstić information content (AvgIpc) is 3.21. The molecule has 8 nitrogen and oxygen atoms in total. The van der Waals surface area contributed by atoms with E-state index in [2.05, 4.69) is 19.5 Å². The van der Waals surface area contributed by atoms with Crippen molar-refractivity contribution in [2.75, 3.05) is 7.11 Å². The summed E-state index contributed by atoms with van der Waals surface area (Å²) in [4.78, 5) is 15.9. The topological polar surface area (TPSA) is 103 Å². The van der Waals surface area contributed by atoms with Crippen molar-refractivity contribution < 1.29 is 17.9 Å². The van der Waals surface area contributed by atoms with Crippen molar-refractivity contribution in [1.29, 1.82) is 0 Å². The third kappa shape index (κ3) is 4.21. The molecule has 3 rings (SSSR count). The molecule has 27 heavy (non-hydrogen) atoms. The number of carbonyl (C=O) groups is 1. The fourth-order valence-corrected chi connectivity index (χ4v) is 3.78. The Kier molecular flexibility index (Phi) is 5.33. The lowest BCUT2D eigenvalue weighted by molar-refractivity contribution is 0.0600. The number of hydrogen-bond donors (Lipinski definition) is 1. The van der Waals surface area contributed by atoms with Gasteiger partial charge in [0, 0.05) is 25.1 Å². The number of carbonyl (C=O) groups excluding carboxylic acids is 1. The van der Waals surface area contributed by atoms with Crippen molar-refractivity contribution in [2.45, 2.75) is 18.4 Å². The number of aromatic nitrogens is 3. The zero-order chi connectivity index (χ0) is 19.4. The number of esters is 1. The molecule has 0 aliphatic heterocycles. The van der Waals surface area contributed by atoms with Crippen LogP contribution >= 0.6 is 0 Å². The van der Waals surface area contributed by atoms with E-state index >= 15 is 0 Å². The highest BCUT2D eigenvalue weighted by atomic mass is 32.2. The van der Waals surface area contributed by atoms with Crippen molar-refractivity contribution in [3.8, 4) is 5.82 Å². The van der Waals surface area contributed by atoms with Gasteiger partial charge in [0.1, 0.15) is 0 Å². The maximum absolute atomic E-state index is 12.7. The standard InChI is InChI=1S/C18H18N4O4S/c1-13-4-5-15(18(23)26-2)11-16(13)27(24,25)21-12-14-6-8-19-17(10-14)22-9-3-7-20-22/h3-11,21H,12H2,1-2H3. The van der Waals surface area contributed by atoms with Gasteiger partial charge in [0.2, 0.25) is 10.0 Å². The van der Waals surface area contributed by atoms with Gasteiger partial charge in [-0.2, -0.15) is 5.10 Å². The molecule has 0 spiro atoms. The van der Waals surface area contributed by atoms with Crippen LogP contribution in [-0.2, 0) is 21.3 Å². The molecule has 0 aliphatic rings. The van der Waals surface area contributed by atoms with Crippen LogP contribution in [0.1, 0.15) is 21.5 Å². The molecule has 0 saturated carbocycles. The minimum absolute atomic E-state index is 0.0340. The fraction of sp³-hybridized carbons (Fsp3) is 0.167. The molecule has 140 valence electrons. The molecule has 0 radical (unpaired) electrons. The molecule has 0 fully saturated rings. The average molecular weight is 386 g/mol. The molecule has 0 amide bonds. The van der Waals surface area contributed by atoms with Crippen molar-refractivity contribution in [3.05, 3.63) is 71.7 Å². The fourth-order valence-electron chi connectivity index (χ4n) is 2.49. The first-order valence-electron chi connectivity index (χ1n) is 8.04. The predicted octanol–water partition coefficient (Wildman–Crippen LogP) is 1.84. The number of nitrogens with one attached hydrogen (secondary N) is 1. The first-order chi connectivity index (χ1) is 12.9. The van der Waals surface area contributed by atoms with Crippen molar-refractivity contribution in [1.82, 2.24) is 19.5 Å². The van der Waals surface area contributed by atoms with Gasteiger partial charge < -0.3 is 4.74 Å². The van der Waals surface area contributed by atoms with E-state index in [1.807, 2.05) is 0 Å². The van der Waals surface area contributed by atoms with Crippen molar-refractivity contribution in [2.24, 2.45) is 0 Å². The highest BCUT2D eigenvalue weighted by molar-refractivity contribution is 7.89. The van der Waals surface area contributed by atoms with E-state index in [0.29, 0.717) is 11.4 Å². The summed E-state index contributed by atoms with van der Waals surface area (Å²) >= 11 is 0. The van der Waals surface area contributed by atoms with Gasteiger partial charge >= 0.3 is 5.97 Å². The van der Waals surface area contributed by atoms with Crippen LogP contribution in [0.2, 0.25) is 0 Å². The highest BCUT2D eigenvalue weighted by Crippen LogP contribution is 2.18. The van der Waals surface area contributed by atoms with Gasteiger partial charge in [0.15, 0.2) is 5.82 Å². The van der Waals surface area contributed by atoms with Crippen LogP contribution in [0.3, 0.4) is 0 Å². The van der Waals surface area contributed by atoms with Crippen molar-refractivity contribution in [3.63, 3.8) is 0 Å². The van der Waals surface area contributed by atoms with Gasteiger partial charge in [-0.3, -0.25) is 0 Å². The Morgan fingerprint density at radius 2 is 2.04 bits per heavy atom. The number of sulfonamides is 1. The second-order valence-electron chi connectivity index (χ2n) is 5.77. The molecule has 1 aromatic carbocycles. The molecule has 0 saturated heterocycles. The number of aryl methyl sites for hydroxylation is 1. The zero-order valence-corrected chi connectivity index (χ0v) is 15.6. The summed E-state index contributed by atoms with van der Waals surface area (Å²) in [5, 5.41) is 4.10. The summed E-state index contributed by atoms with van der Waals surface area (Å²) in [6.45, 7) is 1.74. The summed E-state index contributed by atoms with van der Waals surface area (Å²) in [7, 11) is -2.58. The normalized spacial score (nSPS) is 11.3. The van der Waals surface area contributed by atoms with Crippen LogP contribution in [0.25, 0.3) is 5.82 Å². The Bertz CT molecular complexity index is 1060. The van der Waals surface area contributed by atoms with Gasteiger partial charge in [0.05, 0.1) is 17.6 Å². The smallest absolute Gasteiger partial charge is 0.337 e. The van der Waals surface area contributed by atoms with E-state index in [-0.39, 0.29) is 17.0 Å². The molecule has 0 bridgehead atoms. The molecule has 3 aromatic rings. The molecule has 1 N–H and O–H groups in total. The second-order valence-corrected chi connectivity index (χ2v) is 7.50. The number of rotatable bonds is 6. The minimum Gasteiger partial charge on any atom is -0.465 e. The molecular formula is C18H18N4O4S. The van der Waals surface area contributed by atoms with Gasteiger partial charge in [-0.05, 0) is 48.4 Å². The number of ether oxygens (including phenoxy) is 1. The maximum Gasteiger partial charge on any atom is 0.337 e. The summed E-state index contributed by atoms with van der Waals surface area (Å²) in [6, 6.07) is 9.64. The molecule has 9 heteroatoms. The first-order valence-corrected chi connectivity index (χ1v) is 9.52. The van der Waals surface area contributed by atoms with Crippen LogP contribution in [0.15, 0.2) is 59.9 Å². The van der Waals surface area contributed by atoms with Crippen molar-refractivity contribution >= 4 is 16.0 Å². The summed E-state index contributed by atoms with van der Waals surface area (Å²) in [6.07, 6.45) is 4.97. The van der Waals surface area contributed by atoms with Crippen LogP contribution < -0.4 is 4.72 Å². The largest absolute Gasteiger partial charge is 0.465 e. The van der Waals surface area contributed by atoms with Crippen LogP contribution in [0, 0.1) is 6.92 Å². The highest BCUT2D eigenvalue weighted by Gasteiger charge is 2.19. The van der Waals surface area contributed by atoms with Gasteiger partial charge in [-0.1, -0.05) is 6.07 Å². The lowest BCUT2D eigenvalue weighted by atomic mass is 10.1. The second kappa shape index (κ2) is 7.68. The lowest BCUT2D eigenvalue weighted by Crippen LogP contribution is -2.24. The number of nitrogens with zero attached hydrogens (tertiary/aromatic N) is 3. The molecule has 2 heterocycles. The molecular weight excluding hydrogens is 368 g/mol. The third-order valence-corrected chi connectivity index (χ3v) is 5.46. The zero-order valence-electron chi connectivity index (χ0n) is 14.8. The number of benzene rings is 1. The number of hydrogen-bond acceptors (Lipinski definition) is 6. The quantitative estimate of drug-likeness (QED) is 0.649. The summed E-state index contributed by atoms with van der Waals surface area (Å²) in [5.74, 6) is -0.00925. The SMILES string of the molecule is COC(=O)c1ccc(C)c(S(=O)(=O)NCc2ccnc(-n3cccn3)c2)c1. The summed E-state index contributed by atoms with van der Waals surface area (Å²) < 4.78 is 34.2. The van der Waals surface area contributed by atoms with Crippen LogP contribution in [-0.4, -0.2) is 36.3 Å². The molecule has 0 unspecified atom stereocenters. The summed E-state index contributed by atoms with van der Waals surface area (Å²) in [5.41, 5.74) is 1.43. The van der Waals surface area contributed by atoms with Crippen LogP contribution in [0.5, 0.6) is 0 Å². The predicted molar refractivity (Wildman–Crippen MR) is 97.9 cm³/mol. The number of pyridine rings is 1. The number of methoxy groups -OCH3 is 1. The monoisotopic (exact) mass is 386 g/mol. The Balaban J connectivity index is 1.82. The van der Waals surface area contributed by atoms with Gasteiger partial charge in [-0.15, -0.1) is 0 Å². The van der Waals surface area contributed by atoms with E-state index in [1.54, 1.807) is 54.5 Å². The third-order valence-electron chi connectivity index (χ3n) is 3.91. The van der Waals surface area contributed by atoms with E-state index < -0.39 is 16.0 Å². The Morgan fingerprint density at radius 1 is 1.22 bits per heavy atom. The first kappa shape index (κ1) is 18.7. The molecule has 0 atom stereocenters. The Hall–Kier alpha value is -3.04. The van der Waals surface area contributed by atoms with E-state index in [0.717, 1.165) is 5.56 Å². The van der Waals surface area contributed by atoms with Crippen LogP contribution in [0.4, 0.5) is 0 Å².